The van der Waals surface area contributed by atoms with Crippen LogP contribution in [0.2, 0.25) is 0 Å². The van der Waals surface area contributed by atoms with Gasteiger partial charge in [0.2, 0.25) is 0 Å². The highest BCUT2D eigenvalue weighted by atomic mass is 16.7. The Morgan fingerprint density at radius 3 is 2.32 bits per heavy atom. The van der Waals surface area contributed by atoms with Crippen LogP contribution in [-0.2, 0) is 14.3 Å². The summed E-state index contributed by atoms with van der Waals surface area (Å²) in [5.74, 6) is 0.467. The Labute approximate surface area is 137 Å². The van der Waals surface area contributed by atoms with Gasteiger partial charge in [-0.1, -0.05) is 45.4 Å². The predicted molar refractivity (Wildman–Crippen MR) is 91.0 cm³/mol. The summed E-state index contributed by atoms with van der Waals surface area (Å²) in [7, 11) is 0. The van der Waals surface area contributed by atoms with E-state index in [-0.39, 0.29) is 6.29 Å². The van der Waals surface area contributed by atoms with Crippen molar-refractivity contribution in [1.29, 1.82) is 0 Å². The van der Waals surface area contributed by atoms with Gasteiger partial charge < -0.3 is 9.47 Å². The van der Waals surface area contributed by atoms with Crippen LogP contribution in [0.15, 0.2) is 0 Å². The Morgan fingerprint density at radius 2 is 1.64 bits per heavy atom. The quantitative estimate of drug-likeness (QED) is 0.402. The molecule has 0 aromatic heterocycles. The van der Waals surface area contributed by atoms with Gasteiger partial charge in [-0.2, -0.15) is 0 Å². The van der Waals surface area contributed by atoms with Crippen LogP contribution in [0.5, 0.6) is 0 Å². The van der Waals surface area contributed by atoms with Gasteiger partial charge in [-0.3, -0.25) is 4.79 Å². The SMILES string of the molecule is CCCCCCC(=O)CCCCCCCOC1CCCCO1. The molecule has 1 saturated heterocycles. The van der Waals surface area contributed by atoms with Crippen LogP contribution >= 0.6 is 0 Å². The number of ketones is 1. The van der Waals surface area contributed by atoms with E-state index >= 15 is 0 Å². The molecule has 0 aromatic rings. The number of unbranched alkanes of at least 4 members (excludes halogenated alkanes) is 7. The Morgan fingerprint density at radius 1 is 0.955 bits per heavy atom. The van der Waals surface area contributed by atoms with E-state index in [1.54, 1.807) is 0 Å². The molecule has 0 spiro atoms. The van der Waals surface area contributed by atoms with Gasteiger partial charge in [0.05, 0.1) is 0 Å². The molecule has 0 aliphatic carbocycles. The molecule has 0 N–H and O–H groups in total. The summed E-state index contributed by atoms with van der Waals surface area (Å²) in [4.78, 5) is 11.7. The van der Waals surface area contributed by atoms with Crippen LogP contribution < -0.4 is 0 Å². The van der Waals surface area contributed by atoms with Crippen molar-refractivity contribution in [3.05, 3.63) is 0 Å². The lowest BCUT2D eigenvalue weighted by molar-refractivity contribution is -0.162. The molecule has 0 saturated carbocycles. The first-order valence-electron chi connectivity index (χ1n) is 9.58. The van der Waals surface area contributed by atoms with Crippen molar-refractivity contribution in [3.63, 3.8) is 0 Å². The van der Waals surface area contributed by atoms with Crippen molar-refractivity contribution < 1.29 is 14.3 Å². The van der Waals surface area contributed by atoms with Crippen molar-refractivity contribution in [1.82, 2.24) is 0 Å². The topological polar surface area (TPSA) is 35.5 Å². The molecule has 3 nitrogen and oxygen atoms in total. The second-order valence-corrected chi connectivity index (χ2v) is 6.53. The Balaban J connectivity index is 1.78. The minimum absolute atomic E-state index is 0.0547. The number of ether oxygens (including phenoxy) is 2. The monoisotopic (exact) mass is 312 g/mol. The molecule has 1 rings (SSSR count). The first-order valence-corrected chi connectivity index (χ1v) is 9.58. The maximum Gasteiger partial charge on any atom is 0.157 e. The van der Waals surface area contributed by atoms with E-state index in [1.165, 1.54) is 51.4 Å². The van der Waals surface area contributed by atoms with Crippen LogP contribution in [0.3, 0.4) is 0 Å². The molecule has 0 aromatic carbocycles. The molecule has 0 bridgehead atoms. The van der Waals surface area contributed by atoms with Gasteiger partial charge in [-0.05, 0) is 38.5 Å². The molecule has 0 radical (unpaired) electrons. The van der Waals surface area contributed by atoms with E-state index in [0.29, 0.717) is 5.78 Å². The lowest BCUT2D eigenvalue weighted by atomic mass is 10.0. The normalized spacial score (nSPS) is 18.5. The van der Waals surface area contributed by atoms with Crippen LogP contribution in [0.25, 0.3) is 0 Å². The highest BCUT2D eigenvalue weighted by Gasteiger charge is 2.13. The Kier molecular flexibility index (Phi) is 12.7. The largest absolute Gasteiger partial charge is 0.353 e. The van der Waals surface area contributed by atoms with Crippen molar-refractivity contribution in [2.45, 2.75) is 103 Å². The molecule has 1 fully saturated rings. The first-order chi connectivity index (χ1) is 10.8. The first kappa shape index (κ1) is 19.6. The van der Waals surface area contributed by atoms with Gasteiger partial charge in [0.15, 0.2) is 6.29 Å². The van der Waals surface area contributed by atoms with Crippen LogP contribution in [-0.4, -0.2) is 25.3 Å². The van der Waals surface area contributed by atoms with Crippen LogP contribution in [0, 0.1) is 0 Å². The lowest BCUT2D eigenvalue weighted by Gasteiger charge is -2.22. The minimum atomic E-state index is 0.0547. The smallest absolute Gasteiger partial charge is 0.157 e. The molecule has 1 unspecified atom stereocenters. The summed E-state index contributed by atoms with van der Waals surface area (Å²) in [6, 6.07) is 0. The standard InChI is InChI=1S/C19H36O3/c1-2-3-4-8-13-18(20)14-9-6-5-7-11-16-21-19-15-10-12-17-22-19/h19H,2-17H2,1H3. The molecule has 3 heteroatoms. The van der Waals surface area contributed by atoms with E-state index in [0.717, 1.165) is 51.7 Å². The van der Waals surface area contributed by atoms with Crippen molar-refractivity contribution in [2.24, 2.45) is 0 Å². The van der Waals surface area contributed by atoms with E-state index in [2.05, 4.69) is 6.92 Å². The molecule has 130 valence electrons. The maximum atomic E-state index is 11.7. The number of carbonyl (C=O) groups excluding carboxylic acids is 1. The average molecular weight is 312 g/mol. The number of Topliss-reactive ketones (excluding diaryl/α,β-unsaturated/α-hetero) is 1. The summed E-state index contributed by atoms with van der Waals surface area (Å²) in [5.41, 5.74) is 0. The van der Waals surface area contributed by atoms with Gasteiger partial charge in [-0.25, -0.2) is 0 Å². The summed E-state index contributed by atoms with van der Waals surface area (Å²) in [6.07, 6.45) is 15.7. The van der Waals surface area contributed by atoms with E-state index in [1.807, 2.05) is 0 Å². The van der Waals surface area contributed by atoms with E-state index < -0.39 is 0 Å². The van der Waals surface area contributed by atoms with Crippen LogP contribution in [0.4, 0.5) is 0 Å². The van der Waals surface area contributed by atoms with E-state index in [9.17, 15) is 4.79 Å². The summed E-state index contributed by atoms with van der Waals surface area (Å²) in [6.45, 7) is 3.88. The third-order valence-corrected chi connectivity index (χ3v) is 4.35. The summed E-state index contributed by atoms with van der Waals surface area (Å²) < 4.78 is 11.3. The number of hydrogen-bond acceptors (Lipinski definition) is 3. The molecule has 1 aliphatic rings. The fourth-order valence-corrected chi connectivity index (χ4v) is 2.89. The van der Waals surface area contributed by atoms with Gasteiger partial charge in [-0.15, -0.1) is 0 Å². The molecular formula is C19H36O3. The number of rotatable bonds is 14. The lowest BCUT2D eigenvalue weighted by Crippen LogP contribution is -2.22. The van der Waals surface area contributed by atoms with Crippen molar-refractivity contribution in [3.8, 4) is 0 Å². The van der Waals surface area contributed by atoms with Gasteiger partial charge in [0, 0.05) is 26.1 Å². The minimum Gasteiger partial charge on any atom is -0.353 e. The summed E-state index contributed by atoms with van der Waals surface area (Å²) in [5, 5.41) is 0. The van der Waals surface area contributed by atoms with Crippen molar-refractivity contribution >= 4 is 5.78 Å². The van der Waals surface area contributed by atoms with Gasteiger partial charge in [0.1, 0.15) is 5.78 Å². The second kappa shape index (κ2) is 14.2. The Hall–Kier alpha value is -0.410. The zero-order valence-electron chi connectivity index (χ0n) is 14.6. The van der Waals surface area contributed by atoms with Crippen LogP contribution in [0.1, 0.15) is 96.8 Å². The molecular weight excluding hydrogens is 276 g/mol. The molecule has 22 heavy (non-hydrogen) atoms. The zero-order valence-corrected chi connectivity index (χ0v) is 14.6. The molecule has 1 atom stereocenters. The third kappa shape index (κ3) is 11.2. The fourth-order valence-electron chi connectivity index (χ4n) is 2.89. The number of carbonyl (C=O) groups is 1. The zero-order chi connectivity index (χ0) is 15.9. The highest BCUT2D eigenvalue weighted by molar-refractivity contribution is 5.78. The summed E-state index contributed by atoms with van der Waals surface area (Å²) >= 11 is 0. The highest BCUT2D eigenvalue weighted by Crippen LogP contribution is 2.15. The third-order valence-electron chi connectivity index (χ3n) is 4.35. The van der Waals surface area contributed by atoms with Gasteiger partial charge >= 0.3 is 0 Å². The number of hydrogen-bond donors (Lipinski definition) is 0. The Bertz CT molecular complexity index is 259. The van der Waals surface area contributed by atoms with Gasteiger partial charge in [0.25, 0.3) is 0 Å². The maximum absolute atomic E-state index is 11.7. The molecule has 1 aliphatic heterocycles. The second-order valence-electron chi connectivity index (χ2n) is 6.53. The molecule has 0 amide bonds. The van der Waals surface area contributed by atoms with Crippen molar-refractivity contribution in [2.75, 3.05) is 13.2 Å². The predicted octanol–water partition coefficient (Wildman–Crippen LogP) is 5.41. The fraction of sp³-hybridized carbons (Fsp3) is 0.947. The average Bonchev–Trinajstić information content (AvgIpc) is 2.55. The van der Waals surface area contributed by atoms with E-state index in [4.69, 9.17) is 9.47 Å². The molecule has 1 heterocycles.